The van der Waals surface area contributed by atoms with E-state index in [0.29, 0.717) is 62.5 Å². The van der Waals surface area contributed by atoms with Crippen LogP contribution in [0.5, 0.6) is 5.88 Å². The number of quaternary nitrogens is 1. The fourth-order valence-corrected chi connectivity index (χ4v) is 4.68. The Morgan fingerprint density at radius 2 is 1.83 bits per heavy atom. The molecule has 0 bridgehead atoms. The number of benzene rings is 1. The molecule has 4 aromatic rings. The van der Waals surface area contributed by atoms with Crippen molar-refractivity contribution in [2.75, 3.05) is 57.7 Å². The highest BCUT2D eigenvalue weighted by Gasteiger charge is 2.31. The summed E-state index contributed by atoms with van der Waals surface area (Å²) in [6.07, 6.45) is 5.06. The number of fused-ring (bicyclic) bond motifs is 1. The average Bonchev–Trinajstić information content (AvgIpc) is 3.31. The molecule has 16 heteroatoms. The fraction of sp³-hybridized carbons (Fsp3) is 0.375. The number of nitrogens with zero attached hydrogens (tertiary/aromatic N) is 6. The van der Waals surface area contributed by atoms with Crippen molar-refractivity contribution in [2.45, 2.75) is 26.9 Å². The number of aromatic nitrogens is 4. The summed E-state index contributed by atoms with van der Waals surface area (Å²) in [5.74, 6) is -1.05. The molecule has 0 saturated heterocycles. The normalized spacial score (nSPS) is 12.8. The third-order valence-electron chi connectivity index (χ3n) is 7.22. The number of hydrogen-bond donors (Lipinski definition) is 3. The lowest BCUT2D eigenvalue weighted by molar-refractivity contribution is -0.111. The molecule has 0 aliphatic heterocycles. The second-order valence-corrected chi connectivity index (χ2v) is 13.3. The van der Waals surface area contributed by atoms with Crippen molar-refractivity contribution >= 4 is 50.1 Å². The van der Waals surface area contributed by atoms with E-state index in [2.05, 4.69) is 46.1 Å². The van der Waals surface area contributed by atoms with Gasteiger partial charge in [0.25, 0.3) is 15.9 Å². The minimum Gasteiger partial charge on any atom is -0.473 e. The molecule has 0 aliphatic carbocycles. The molecular formula is C32H43F2N8O5S+. The van der Waals surface area contributed by atoms with Crippen LogP contribution in [0.4, 0.5) is 31.9 Å². The van der Waals surface area contributed by atoms with Crippen LogP contribution >= 0.6 is 0 Å². The van der Waals surface area contributed by atoms with Gasteiger partial charge >= 0.3 is 0 Å². The lowest BCUT2D eigenvalue weighted by atomic mass is 10.1. The predicted molar refractivity (Wildman–Crippen MR) is 185 cm³/mol. The molecule has 0 fully saturated rings. The third-order valence-corrected chi connectivity index (χ3v) is 7.22. The van der Waals surface area contributed by atoms with Gasteiger partial charge < -0.3 is 24.8 Å². The topological polar surface area (TPSA) is 152 Å². The number of anilines is 3. The van der Waals surface area contributed by atoms with E-state index in [0.717, 1.165) is 19.2 Å². The average molecular weight is 690 g/mol. The standard InChI is InChI=1S/C31H38F2N8O2.CH4O3S/c1-9-28(42)35-25-17-26(30(43-19(3)4)38-29(25)41(8,10-2)14-13-39(5)6)37-31-34-12-11-24(36-31)21-18-40(7)27-16-23(33)22(32)15-20(21)27;1-5(2,3)4/h9,11-12,15-19H,1,10,13-14H2,2-8H3,(H-,34,35,36,37,42);1H3,(H,2,3,4)/p+1. The molecule has 1 atom stereocenters. The monoisotopic (exact) mass is 689 g/mol. The van der Waals surface area contributed by atoms with Gasteiger partial charge in [-0.2, -0.15) is 13.4 Å². The lowest BCUT2D eigenvalue weighted by Gasteiger charge is -2.34. The number of nitrogens with one attached hydrogen (secondary N) is 2. The highest BCUT2D eigenvalue weighted by atomic mass is 32.2. The molecule has 3 aromatic heterocycles. The van der Waals surface area contributed by atoms with Gasteiger partial charge in [-0.3, -0.25) is 13.8 Å². The van der Waals surface area contributed by atoms with Gasteiger partial charge in [-0.25, -0.2) is 18.7 Å². The van der Waals surface area contributed by atoms with Gasteiger partial charge in [-0.15, -0.1) is 0 Å². The molecule has 0 radical (unpaired) electrons. The van der Waals surface area contributed by atoms with Crippen molar-refractivity contribution in [3.8, 4) is 17.1 Å². The zero-order chi connectivity index (χ0) is 36.0. The second kappa shape index (κ2) is 15.6. The molecule has 0 aliphatic rings. The van der Waals surface area contributed by atoms with Crippen LogP contribution < -0.4 is 19.9 Å². The second-order valence-electron chi connectivity index (χ2n) is 11.9. The van der Waals surface area contributed by atoms with Crippen molar-refractivity contribution in [3.05, 3.63) is 60.9 Å². The summed E-state index contributed by atoms with van der Waals surface area (Å²) in [5, 5.41) is 6.63. The van der Waals surface area contributed by atoms with Crippen LogP contribution in [0, 0.1) is 11.6 Å². The van der Waals surface area contributed by atoms with E-state index in [1.165, 1.54) is 12.1 Å². The number of carbonyl (C=O) groups excluding carboxylic acids is 1. The fourth-order valence-electron chi connectivity index (χ4n) is 4.68. The van der Waals surface area contributed by atoms with E-state index in [1.807, 2.05) is 27.9 Å². The number of carbonyl (C=O) groups is 1. The van der Waals surface area contributed by atoms with E-state index >= 15 is 0 Å². The summed E-state index contributed by atoms with van der Waals surface area (Å²) in [4.78, 5) is 28.6. The maximum atomic E-state index is 14.2. The van der Waals surface area contributed by atoms with Crippen molar-refractivity contribution in [3.63, 3.8) is 0 Å². The number of halogens is 2. The molecular weight excluding hydrogens is 646 g/mol. The number of hydrogen-bond acceptors (Lipinski definition) is 9. The first kappa shape index (κ1) is 37.9. The van der Waals surface area contributed by atoms with Gasteiger partial charge in [0.15, 0.2) is 11.6 Å². The highest BCUT2D eigenvalue weighted by Crippen LogP contribution is 2.38. The largest absolute Gasteiger partial charge is 0.473 e. The number of amides is 1. The molecule has 1 unspecified atom stereocenters. The molecule has 13 nitrogen and oxygen atoms in total. The van der Waals surface area contributed by atoms with Crippen LogP contribution in [0.3, 0.4) is 0 Å². The summed E-state index contributed by atoms with van der Waals surface area (Å²) in [7, 11) is 4.17. The molecule has 0 saturated carbocycles. The van der Waals surface area contributed by atoms with E-state index in [4.69, 9.17) is 14.3 Å². The number of rotatable bonds is 12. The van der Waals surface area contributed by atoms with Crippen LogP contribution in [-0.4, -0.2) is 96.4 Å². The SMILES string of the molecule is C=CC(=O)Nc1cc(Nc2nccc(-c3cn(C)c4cc(F)c(F)cc34)n2)c(OC(C)C)nc1[N+](C)(CC)CCN(C)C.CS(=O)(=O)O. The van der Waals surface area contributed by atoms with Gasteiger partial charge in [0, 0.05) is 43.0 Å². The Labute approximate surface area is 279 Å². The number of pyridine rings is 1. The molecule has 3 N–H and O–H groups in total. The van der Waals surface area contributed by atoms with Crippen LogP contribution in [0.2, 0.25) is 0 Å². The van der Waals surface area contributed by atoms with Crippen molar-refractivity contribution in [1.82, 2.24) is 28.9 Å². The van der Waals surface area contributed by atoms with Crippen LogP contribution in [0.1, 0.15) is 20.8 Å². The Hall–Kier alpha value is -4.51. The van der Waals surface area contributed by atoms with Gasteiger partial charge in [0.1, 0.15) is 11.4 Å². The highest BCUT2D eigenvalue weighted by molar-refractivity contribution is 7.85. The molecule has 1 amide bonds. The zero-order valence-corrected chi connectivity index (χ0v) is 29.2. The third kappa shape index (κ3) is 10.00. The van der Waals surface area contributed by atoms with Crippen molar-refractivity contribution in [1.29, 1.82) is 0 Å². The Kier molecular flexibility index (Phi) is 12.3. The van der Waals surface area contributed by atoms with E-state index < -0.39 is 21.8 Å². The zero-order valence-electron chi connectivity index (χ0n) is 28.4. The first-order chi connectivity index (χ1) is 22.3. The molecule has 4 rings (SSSR count). The number of aryl methyl sites for hydroxylation is 1. The summed E-state index contributed by atoms with van der Waals surface area (Å²) < 4.78 is 62.3. The summed E-state index contributed by atoms with van der Waals surface area (Å²) in [6, 6.07) is 5.78. The Morgan fingerprint density at radius 3 is 2.42 bits per heavy atom. The van der Waals surface area contributed by atoms with Crippen LogP contribution in [-0.2, 0) is 22.0 Å². The van der Waals surface area contributed by atoms with Gasteiger partial charge in [0.05, 0.1) is 43.7 Å². The maximum absolute atomic E-state index is 14.2. The molecule has 260 valence electrons. The first-order valence-electron chi connectivity index (χ1n) is 15.0. The maximum Gasteiger partial charge on any atom is 0.261 e. The van der Waals surface area contributed by atoms with Crippen LogP contribution in [0.25, 0.3) is 22.2 Å². The Bertz CT molecular complexity index is 1890. The van der Waals surface area contributed by atoms with Gasteiger partial charge in [-0.05, 0) is 59.1 Å². The first-order valence-corrected chi connectivity index (χ1v) is 16.8. The number of likely N-dealkylation sites (N-methyl/N-ethyl adjacent to an activating group) is 2. The van der Waals surface area contributed by atoms with Crippen LogP contribution in [0.15, 0.2) is 49.3 Å². The summed E-state index contributed by atoms with van der Waals surface area (Å²) >= 11 is 0. The smallest absolute Gasteiger partial charge is 0.261 e. The van der Waals surface area contributed by atoms with E-state index in [-0.39, 0.29) is 18.0 Å². The molecule has 1 aromatic carbocycles. The summed E-state index contributed by atoms with van der Waals surface area (Å²) in [5.41, 5.74) is 2.59. The minimum atomic E-state index is -3.67. The number of ether oxygens (including phenoxy) is 1. The van der Waals surface area contributed by atoms with Crippen molar-refractivity contribution in [2.24, 2.45) is 7.05 Å². The van der Waals surface area contributed by atoms with E-state index in [1.54, 1.807) is 36.1 Å². The van der Waals surface area contributed by atoms with E-state index in [9.17, 15) is 22.0 Å². The molecule has 3 heterocycles. The Morgan fingerprint density at radius 1 is 1.19 bits per heavy atom. The molecule has 0 spiro atoms. The Balaban J connectivity index is 0.00000116. The van der Waals surface area contributed by atoms with Gasteiger partial charge in [0.2, 0.25) is 17.7 Å². The molecule has 48 heavy (non-hydrogen) atoms. The predicted octanol–water partition coefficient (Wildman–Crippen LogP) is 4.99. The van der Waals surface area contributed by atoms with Gasteiger partial charge in [-0.1, -0.05) is 6.58 Å². The van der Waals surface area contributed by atoms with Crippen molar-refractivity contribution < 1.29 is 31.3 Å². The minimum absolute atomic E-state index is 0.199. The lowest BCUT2D eigenvalue weighted by Crippen LogP contribution is -2.50. The quantitative estimate of drug-likeness (QED) is 0.105. The summed E-state index contributed by atoms with van der Waals surface area (Å²) in [6.45, 7) is 11.7.